The number of hydrogen-bond acceptors (Lipinski definition) is 4. The minimum Gasteiger partial charge on any atom is -0.446 e. The molecular weight excluding hydrogens is 457 g/mol. The van der Waals surface area contributed by atoms with Crippen LogP contribution >= 0.6 is 23.2 Å². The molecule has 0 saturated carbocycles. The molecule has 0 radical (unpaired) electrons. The van der Waals surface area contributed by atoms with Gasteiger partial charge in [-0.1, -0.05) is 67.4 Å². The summed E-state index contributed by atoms with van der Waals surface area (Å²) in [6.45, 7) is 3.92. The lowest BCUT2D eigenvalue weighted by Gasteiger charge is -2.29. The Morgan fingerprint density at radius 1 is 1.21 bits per heavy atom. The number of nitrogens with one attached hydrogen (secondary N) is 1. The quantitative estimate of drug-likeness (QED) is 0.414. The van der Waals surface area contributed by atoms with Crippen molar-refractivity contribution in [1.82, 2.24) is 4.98 Å². The fraction of sp³-hybridized carbons (Fsp3) is 0.269. The first kappa shape index (κ1) is 23.1. The van der Waals surface area contributed by atoms with Crippen LogP contribution in [0, 0.1) is 11.3 Å². The van der Waals surface area contributed by atoms with Crippen LogP contribution in [0.25, 0.3) is 11.1 Å². The Labute approximate surface area is 203 Å². The number of halogens is 2. The number of aromatic nitrogens is 1. The summed E-state index contributed by atoms with van der Waals surface area (Å²) < 4.78 is 5.44. The van der Waals surface area contributed by atoms with Crippen LogP contribution in [0.4, 0.5) is 10.6 Å². The van der Waals surface area contributed by atoms with E-state index in [1.807, 2.05) is 44.2 Å². The Balaban J connectivity index is 1.76. The second-order valence-electron chi connectivity index (χ2n) is 7.98. The summed E-state index contributed by atoms with van der Waals surface area (Å²) in [5, 5.41) is 13.7. The van der Waals surface area contributed by atoms with Gasteiger partial charge in [-0.25, -0.2) is 9.78 Å². The molecule has 1 aromatic heterocycles. The van der Waals surface area contributed by atoms with Crippen molar-refractivity contribution in [3.05, 3.63) is 81.0 Å². The second kappa shape index (κ2) is 9.82. The van der Waals surface area contributed by atoms with E-state index in [4.69, 9.17) is 27.9 Å². The van der Waals surface area contributed by atoms with Crippen molar-refractivity contribution < 1.29 is 9.53 Å². The molecule has 3 aromatic rings. The Morgan fingerprint density at radius 3 is 2.67 bits per heavy atom. The highest BCUT2D eigenvalue weighted by atomic mass is 35.5. The fourth-order valence-electron chi connectivity index (χ4n) is 4.33. The summed E-state index contributed by atoms with van der Waals surface area (Å²) in [6.07, 6.45) is 3.02. The standard InChI is InChI=1S/C26H23Cl2N3O2/c1-3-17(4-2)33-26(32)31-25-21(13-29)24-16(14-30-25)11-20(18-7-5-6-8-19(18)24)15-9-10-22(27)23(28)12-15/h5-10,12,14,17,20H,3-4,11H2,1-2H3,(H,30,31,32). The molecule has 1 atom stereocenters. The molecule has 0 spiro atoms. The number of carbonyl (C=O) groups excluding carboxylic acids is 1. The number of nitrogens with zero attached hydrogens (tertiary/aromatic N) is 2. The van der Waals surface area contributed by atoms with Gasteiger partial charge in [0, 0.05) is 17.7 Å². The molecule has 0 aliphatic heterocycles. The highest BCUT2D eigenvalue weighted by Gasteiger charge is 2.30. The van der Waals surface area contributed by atoms with Crippen LogP contribution in [-0.2, 0) is 11.2 Å². The lowest BCUT2D eigenvalue weighted by atomic mass is 9.75. The molecule has 1 amide bonds. The Kier molecular flexibility index (Phi) is 6.88. The molecule has 1 N–H and O–H groups in total. The van der Waals surface area contributed by atoms with Gasteiger partial charge in [-0.3, -0.25) is 5.32 Å². The van der Waals surface area contributed by atoms with Crippen molar-refractivity contribution >= 4 is 35.1 Å². The van der Waals surface area contributed by atoms with Gasteiger partial charge in [-0.2, -0.15) is 5.26 Å². The number of benzene rings is 2. The monoisotopic (exact) mass is 479 g/mol. The molecule has 0 bridgehead atoms. The zero-order valence-corrected chi connectivity index (χ0v) is 19.9. The number of hydrogen-bond donors (Lipinski definition) is 1. The first-order chi connectivity index (χ1) is 16.0. The molecule has 4 rings (SSSR count). The van der Waals surface area contributed by atoms with Gasteiger partial charge in [0.15, 0.2) is 5.82 Å². The lowest BCUT2D eigenvalue weighted by molar-refractivity contribution is 0.106. The number of fused-ring (bicyclic) bond motifs is 3. The maximum atomic E-state index is 12.4. The van der Waals surface area contributed by atoms with Crippen LogP contribution < -0.4 is 5.32 Å². The van der Waals surface area contributed by atoms with Crippen molar-refractivity contribution in [2.24, 2.45) is 0 Å². The molecule has 1 unspecified atom stereocenters. The molecule has 1 aliphatic rings. The van der Waals surface area contributed by atoms with Crippen LogP contribution in [0.5, 0.6) is 0 Å². The summed E-state index contributed by atoms with van der Waals surface area (Å²) >= 11 is 12.4. The van der Waals surface area contributed by atoms with Crippen LogP contribution in [0.2, 0.25) is 10.0 Å². The smallest absolute Gasteiger partial charge is 0.413 e. The van der Waals surface area contributed by atoms with E-state index >= 15 is 0 Å². The van der Waals surface area contributed by atoms with Crippen LogP contribution in [-0.4, -0.2) is 17.2 Å². The minimum absolute atomic E-state index is 0.0375. The van der Waals surface area contributed by atoms with Crippen molar-refractivity contribution in [1.29, 1.82) is 5.26 Å². The highest BCUT2D eigenvalue weighted by Crippen LogP contribution is 2.45. The zero-order chi connectivity index (χ0) is 23.5. The molecule has 168 valence electrons. The Hall–Kier alpha value is -3.07. The van der Waals surface area contributed by atoms with E-state index in [1.165, 1.54) is 0 Å². The number of carbonyl (C=O) groups is 1. The number of amides is 1. The van der Waals surface area contributed by atoms with E-state index in [9.17, 15) is 10.1 Å². The van der Waals surface area contributed by atoms with Crippen LogP contribution in [0.3, 0.4) is 0 Å². The lowest BCUT2D eigenvalue weighted by Crippen LogP contribution is -2.23. The van der Waals surface area contributed by atoms with Gasteiger partial charge >= 0.3 is 6.09 Å². The number of pyridine rings is 1. The SMILES string of the molecule is CCC(CC)OC(=O)Nc1ncc2c(c1C#N)-c1ccccc1C(c1ccc(Cl)c(Cl)c1)C2. The molecule has 2 aromatic carbocycles. The third kappa shape index (κ3) is 4.55. The molecule has 0 fully saturated rings. The van der Waals surface area contributed by atoms with Crippen LogP contribution in [0.1, 0.15) is 54.9 Å². The summed E-state index contributed by atoms with van der Waals surface area (Å²) in [7, 11) is 0. The van der Waals surface area contributed by atoms with Crippen molar-refractivity contribution in [3.63, 3.8) is 0 Å². The largest absolute Gasteiger partial charge is 0.446 e. The van der Waals surface area contributed by atoms with Gasteiger partial charge in [-0.05, 0) is 53.6 Å². The first-order valence-electron chi connectivity index (χ1n) is 10.9. The average molecular weight is 480 g/mol. The van der Waals surface area contributed by atoms with E-state index in [0.717, 1.165) is 40.7 Å². The maximum absolute atomic E-state index is 12.4. The number of rotatable bonds is 5. The first-order valence-corrected chi connectivity index (χ1v) is 11.7. The van der Waals surface area contributed by atoms with E-state index in [-0.39, 0.29) is 17.8 Å². The third-order valence-corrected chi connectivity index (χ3v) is 6.79. The van der Waals surface area contributed by atoms with Gasteiger partial charge in [0.05, 0.1) is 10.0 Å². The van der Waals surface area contributed by atoms with Crippen molar-refractivity contribution in [2.45, 2.75) is 45.1 Å². The van der Waals surface area contributed by atoms with Gasteiger partial charge < -0.3 is 4.74 Å². The zero-order valence-electron chi connectivity index (χ0n) is 18.4. The summed E-state index contributed by atoms with van der Waals surface area (Å²) in [5.74, 6) is 0.241. The molecule has 1 aliphatic carbocycles. The van der Waals surface area contributed by atoms with Crippen molar-refractivity contribution in [2.75, 3.05) is 5.32 Å². The fourth-order valence-corrected chi connectivity index (χ4v) is 4.64. The average Bonchev–Trinajstić information content (AvgIpc) is 2.83. The summed E-state index contributed by atoms with van der Waals surface area (Å²) in [6, 6.07) is 15.9. The number of nitriles is 1. The molecule has 33 heavy (non-hydrogen) atoms. The van der Waals surface area contributed by atoms with Gasteiger partial charge in [0.2, 0.25) is 0 Å². The number of anilines is 1. The second-order valence-corrected chi connectivity index (χ2v) is 8.79. The normalized spacial score (nSPS) is 14.2. The number of ether oxygens (including phenoxy) is 1. The Bertz CT molecular complexity index is 1250. The molecular formula is C26H23Cl2N3O2. The van der Waals surface area contributed by atoms with E-state index in [2.05, 4.69) is 22.4 Å². The molecule has 0 saturated heterocycles. The van der Waals surface area contributed by atoms with Crippen molar-refractivity contribution in [3.8, 4) is 17.2 Å². The third-order valence-electron chi connectivity index (χ3n) is 6.05. The molecule has 7 heteroatoms. The molecule has 1 heterocycles. The van der Waals surface area contributed by atoms with Gasteiger partial charge in [0.25, 0.3) is 0 Å². The minimum atomic E-state index is -0.606. The van der Waals surface area contributed by atoms with Crippen LogP contribution in [0.15, 0.2) is 48.7 Å². The predicted octanol–water partition coefficient (Wildman–Crippen LogP) is 7.35. The maximum Gasteiger partial charge on any atom is 0.413 e. The van der Waals surface area contributed by atoms with E-state index in [1.54, 1.807) is 12.3 Å². The van der Waals surface area contributed by atoms with Gasteiger partial charge in [-0.15, -0.1) is 0 Å². The predicted molar refractivity (Wildman–Crippen MR) is 131 cm³/mol. The molecule has 5 nitrogen and oxygen atoms in total. The Morgan fingerprint density at radius 2 is 1.97 bits per heavy atom. The summed E-state index contributed by atoms with van der Waals surface area (Å²) in [5.41, 5.74) is 5.10. The highest BCUT2D eigenvalue weighted by molar-refractivity contribution is 6.42. The summed E-state index contributed by atoms with van der Waals surface area (Å²) in [4.78, 5) is 16.8. The topological polar surface area (TPSA) is 75.0 Å². The van der Waals surface area contributed by atoms with E-state index in [0.29, 0.717) is 22.0 Å². The van der Waals surface area contributed by atoms with E-state index < -0.39 is 6.09 Å². The van der Waals surface area contributed by atoms with Gasteiger partial charge in [0.1, 0.15) is 17.7 Å².